The summed E-state index contributed by atoms with van der Waals surface area (Å²) in [7, 11) is 0. The maximum absolute atomic E-state index is 12.6. The molecule has 0 aliphatic carbocycles. The molecule has 0 radical (unpaired) electrons. The number of hydrogen-bond acceptors (Lipinski definition) is 4. The molecule has 4 nitrogen and oxygen atoms in total. The van der Waals surface area contributed by atoms with Crippen molar-refractivity contribution < 1.29 is 22.4 Å². The summed E-state index contributed by atoms with van der Waals surface area (Å²) in [6.45, 7) is 7.82. The number of hydrogen-bond donors (Lipinski definition) is 0. The van der Waals surface area contributed by atoms with E-state index in [2.05, 4.69) is 4.90 Å². The first-order chi connectivity index (χ1) is 9.17. The molecule has 2 bridgehead atoms. The van der Waals surface area contributed by atoms with Gasteiger partial charge in [0.25, 0.3) is 0 Å². The Bertz CT molecular complexity index is 306. The van der Waals surface area contributed by atoms with Gasteiger partial charge in [0.05, 0.1) is 0 Å². The number of rotatable bonds is 2. The van der Waals surface area contributed by atoms with Crippen LogP contribution in [-0.4, -0.2) is 68.6 Å². The van der Waals surface area contributed by atoms with Crippen LogP contribution in [0.3, 0.4) is 0 Å². The molecule has 0 N–H and O–H groups in total. The maximum atomic E-state index is 12.6. The summed E-state index contributed by atoms with van der Waals surface area (Å²) in [6, 6.07) is 0. The zero-order valence-electron chi connectivity index (χ0n) is 12.1. The molecule has 3 atom stereocenters. The van der Waals surface area contributed by atoms with Crippen LogP contribution in [0.2, 0.25) is 4.44 Å². The fourth-order valence-corrected chi connectivity index (χ4v) is 12.0. The third-order valence-corrected chi connectivity index (χ3v) is 12.4. The van der Waals surface area contributed by atoms with Crippen molar-refractivity contribution in [2.24, 2.45) is 0 Å². The van der Waals surface area contributed by atoms with Crippen molar-refractivity contribution in [2.75, 3.05) is 19.6 Å². The Morgan fingerprint density at radius 2 is 1.35 bits per heavy atom. The zero-order valence-corrected chi connectivity index (χ0v) is 14.9. The molecule has 3 aliphatic rings. The van der Waals surface area contributed by atoms with Gasteiger partial charge in [0.15, 0.2) is 0 Å². The van der Waals surface area contributed by atoms with Gasteiger partial charge < -0.3 is 0 Å². The van der Waals surface area contributed by atoms with Gasteiger partial charge in [-0.3, -0.25) is 0 Å². The third-order valence-electron chi connectivity index (χ3n) is 3.40. The molecule has 0 aromatic rings. The van der Waals surface area contributed by atoms with E-state index in [0.717, 1.165) is 19.6 Å². The first kappa shape index (κ1) is 16.8. The van der Waals surface area contributed by atoms with Gasteiger partial charge in [0, 0.05) is 0 Å². The van der Waals surface area contributed by atoms with Crippen molar-refractivity contribution >= 4 is 19.6 Å². The Hall–Kier alpha value is 0.429. The summed E-state index contributed by atoms with van der Waals surface area (Å²) < 4.78 is 55.3. The fraction of sp³-hybridized carbons (Fsp3) is 1.00. The van der Waals surface area contributed by atoms with Gasteiger partial charge >= 0.3 is 123 Å². The van der Waals surface area contributed by atoms with Gasteiger partial charge in [-0.05, 0) is 0 Å². The average Bonchev–Trinajstić information content (AvgIpc) is 2.20. The van der Waals surface area contributed by atoms with Crippen LogP contribution in [0.25, 0.3) is 0 Å². The number of nitrogens with zero attached hydrogens (tertiary/aromatic N) is 1. The van der Waals surface area contributed by atoms with Crippen LogP contribution >= 0.6 is 0 Å². The fourth-order valence-electron chi connectivity index (χ4n) is 2.90. The first-order valence-corrected chi connectivity index (χ1v) is 12.5. The topological polar surface area (TPSA) is 30.9 Å². The molecule has 0 amide bonds. The molecule has 0 aromatic heterocycles. The molecule has 3 unspecified atom stereocenters. The molecule has 3 rings (SSSR count). The van der Waals surface area contributed by atoms with Crippen molar-refractivity contribution in [1.82, 2.24) is 4.90 Å². The average molecular weight is 404 g/mol. The van der Waals surface area contributed by atoms with E-state index < -0.39 is 32.2 Å². The van der Waals surface area contributed by atoms with Gasteiger partial charge in [-0.15, -0.1) is 0 Å². The zero-order chi connectivity index (χ0) is 15.0. The predicted octanol–water partition coefficient (Wildman–Crippen LogP) is 2.42. The molecular weight excluding hydrogens is 382 g/mol. The summed E-state index contributed by atoms with van der Waals surface area (Å²) in [6.07, 6.45) is -5.51. The van der Waals surface area contributed by atoms with Crippen molar-refractivity contribution in [3.05, 3.63) is 0 Å². The predicted molar refractivity (Wildman–Crippen MR) is 69.3 cm³/mol. The quantitative estimate of drug-likeness (QED) is 0.662. The molecule has 3 saturated heterocycles. The van der Waals surface area contributed by atoms with Crippen LogP contribution in [0.1, 0.15) is 27.2 Å². The minimum atomic E-state index is -4.20. The van der Waals surface area contributed by atoms with Crippen LogP contribution in [0, 0.1) is 0 Å². The molecule has 0 spiro atoms. The van der Waals surface area contributed by atoms with E-state index in [9.17, 15) is 13.2 Å². The number of fused-ring (bicyclic) bond motifs is 6. The van der Waals surface area contributed by atoms with Gasteiger partial charge in [-0.25, -0.2) is 0 Å². The van der Waals surface area contributed by atoms with E-state index in [-0.39, 0.29) is 22.7 Å². The monoisotopic (exact) mass is 405 g/mol. The Balaban J connectivity index is 2.18. The molecule has 20 heavy (non-hydrogen) atoms. The standard InChI is InChI=1S/C9H18NO3.C3H4F3.Sn/c1-7(11)4-10(5-8(2)12)6-9(3)13;1-2-3(4,5)6;/h7-9H,4-6H2,1-3H3;1-2H2;/q-3;;+3. The van der Waals surface area contributed by atoms with E-state index in [4.69, 9.17) is 9.22 Å². The van der Waals surface area contributed by atoms with Gasteiger partial charge in [-0.2, -0.15) is 0 Å². The second-order valence-electron chi connectivity index (χ2n) is 5.80. The molecule has 118 valence electrons. The van der Waals surface area contributed by atoms with Gasteiger partial charge in [-0.1, -0.05) is 0 Å². The van der Waals surface area contributed by atoms with E-state index >= 15 is 0 Å². The second kappa shape index (κ2) is 6.27. The summed E-state index contributed by atoms with van der Waals surface area (Å²) in [4.78, 5) is 2.19. The van der Waals surface area contributed by atoms with Crippen LogP contribution in [0.4, 0.5) is 13.2 Å². The molecule has 3 heterocycles. The van der Waals surface area contributed by atoms with Crippen LogP contribution in [0.5, 0.6) is 0 Å². The van der Waals surface area contributed by atoms with Crippen LogP contribution in [-0.2, 0) is 9.22 Å². The van der Waals surface area contributed by atoms with Crippen molar-refractivity contribution in [1.29, 1.82) is 0 Å². The molecule has 0 aromatic carbocycles. The molecule has 0 saturated carbocycles. The Kier molecular flexibility index (Phi) is 5.27. The molecule has 3 fully saturated rings. The normalized spacial score (nSPS) is 42.9. The summed E-state index contributed by atoms with van der Waals surface area (Å²) in [5.74, 6) is 0. The van der Waals surface area contributed by atoms with Crippen molar-refractivity contribution in [3.8, 4) is 0 Å². The summed E-state index contributed by atoms with van der Waals surface area (Å²) in [5, 5.41) is 0. The summed E-state index contributed by atoms with van der Waals surface area (Å²) >= 11 is -4.14. The first-order valence-electron chi connectivity index (χ1n) is 7.00. The van der Waals surface area contributed by atoms with Crippen molar-refractivity contribution in [2.45, 2.75) is 56.1 Å². The molecule has 3 aliphatic heterocycles. The van der Waals surface area contributed by atoms with Gasteiger partial charge in [0.2, 0.25) is 0 Å². The third kappa shape index (κ3) is 4.72. The van der Waals surface area contributed by atoms with Gasteiger partial charge in [0.1, 0.15) is 0 Å². The Morgan fingerprint density at radius 3 is 1.70 bits per heavy atom. The van der Waals surface area contributed by atoms with Crippen LogP contribution < -0.4 is 0 Å². The minimum absolute atomic E-state index is 0.128. The van der Waals surface area contributed by atoms with Crippen LogP contribution in [0.15, 0.2) is 0 Å². The van der Waals surface area contributed by atoms with E-state index in [1.165, 1.54) is 0 Å². The Morgan fingerprint density at radius 1 is 0.950 bits per heavy atom. The van der Waals surface area contributed by atoms with Crippen molar-refractivity contribution in [3.63, 3.8) is 0 Å². The SMILES string of the molecule is CC1CN2CC(C)[O][Sn]([CH2]CC(F)(F)F)([O]1)[O]C(C)C2. The second-order valence-corrected chi connectivity index (χ2v) is 13.1. The number of alkyl halides is 3. The molecular formula is C12H22F3NO3Sn. The Labute approximate surface area is 123 Å². The van der Waals surface area contributed by atoms with E-state index in [1.54, 1.807) is 0 Å². The van der Waals surface area contributed by atoms with E-state index in [1.807, 2.05) is 20.8 Å². The molecule has 8 heteroatoms. The van der Waals surface area contributed by atoms with E-state index in [0.29, 0.717) is 0 Å². The number of halogens is 3. The summed E-state index contributed by atoms with van der Waals surface area (Å²) in [5.41, 5.74) is 0.